The maximum atomic E-state index is 12.8. The molecule has 0 aromatic heterocycles. The molecule has 0 amide bonds. The van der Waals surface area contributed by atoms with Crippen LogP contribution in [0.5, 0.6) is 11.5 Å². The molecule has 174 valence electrons. The molecule has 1 saturated heterocycles. The lowest BCUT2D eigenvalue weighted by molar-refractivity contribution is -0.386. The molecule has 2 aromatic carbocycles. The molecular formula is C22H28N2O7S. The number of sulfonamides is 1. The van der Waals surface area contributed by atoms with Crippen LogP contribution >= 0.6 is 0 Å². The first kappa shape index (κ1) is 24.0. The van der Waals surface area contributed by atoms with Crippen molar-refractivity contribution in [2.24, 2.45) is 0 Å². The molecule has 0 bridgehead atoms. The zero-order valence-electron chi connectivity index (χ0n) is 18.4. The van der Waals surface area contributed by atoms with Crippen molar-refractivity contribution in [2.75, 3.05) is 39.5 Å². The van der Waals surface area contributed by atoms with Crippen molar-refractivity contribution < 1.29 is 27.6 Å². The number of hydrogen-bond acceptors (Lipinski definition) is 7. The van der Waals surface area contributed by atoms with Gasteiger partial charge in [0.25, 0.3) is 0 Å². The number of nitro groups is 1. The molecule has 0 N–H and O–H groups in total. The Morgan fingerprint density at radius 2 is 1.66 bits per heavy atom. The maximum Gasteiger partial charge on any atom is 0.312 e. The fourth-order valence-electron chi connectivity index (χ4n) is 3.22. The van der Waals surface area contributed by atoms with E-state index in [2.05, 4.69) is 20.8 Å². The van der Waals surface area contributed by atoms with Gasteiger partial charge in [0, 0.05) is 19.2 Å². The minimum Gasteiger partial charge on any atom is -0.490 e. The van der Waals surface area contributed by atoms with Crippen LogP contribution in [-0.2, 0) is 20.2 Å². The Morgan fingerprint density at radius 1 is 1.03 bits per heavy atom. The number of hydrogen-bond donors (Lipinski definition) is 0. The number of ether oxygens (including phenoxy) is 3. The van der Waals surface area contributed by atoms with Crippen LogP contribution in [0.25, 0.3) is 0 Å². The standard InChI is InChI=1S/C22H28N2O7S/c1-22(2,3)17-4-6-18(7-5-17)30-14-15-31-21-9-8-19(16-20(21)24(25)26)32(27,28)23-10-12-29-13-11-23/h4-9,16H,10-15H2,1-3H3. The number of benzene rings is 2. The largest absolute Gasteiger partial charge is 0.490 e. The first-order chi connectivity index (χ1) is 15.1. The minimum atomic E-state index is -3.84. The van der Waals surface area contributed by atoms with Crippen LogP contribution in [0.2, 0.25) is 0 Å². The van der Waals surface area contributed by atoms with Crippen molar-refractivity contribution in [1.82, 2.24) is 4.31 Å². The van der Waals surface area contributed by atoms with E-state index in [1.807, 2.05) is 24.3 Å². The molecule has 1 fully saturated rings. The zero-order valence-corrected chi connectivity index (χ0v) is 19.3. The van der Waals surface area contributed by atoms with E-state index in [-0.39, 0.29) is 42.4 Å². The highest BCUT2D eigenvalue weighted by atomic mass is 32.2. The second-order valence-electron chi connectivity index (χ2n) is 8.37. The van der Waals surface area contributed by atoms with E-state index in [1.54, 1.807) is 0 Å². The number of rotatable bonds is 8. The Labute approximate surface area is 188 Å². The fraction of sp³-hybridized carbons (Fsp3) is 0.455. The number of morpholine rings is 1. The summed E-state index contributed by atoms with van der Waals surface area (Å²) < 4.78 is 43.1. The minimum absolute atomic E-state index is 0.0115. The highest BCUT2D eigenvalue weighted by molar-refractivity contribution is 7.89. The molecule has 0 aliphatic carbocycles. The topological polar surface area (TPSA) is 108 Å². The van der Waals surface area contributed by atoms with Crippen molar-refractivity contribution in [3.05, 3.63) is 58.1 Å². The van der Waals surface area contributed by atoms with E-state index in [4.69, 9.17) is 14.2 Å². The monoisotopic (exact) mass is 464 g/mol. The molecule has 0 spiro atoms. The highest BCUT2D eigenvalue weighted by Crippen LogP contribution is 2.31. The van der Waals surface area contributed by atoms with Crippen molar-refractivity contribution >= 4 is 15.7 Å². The van der Waals surface area contributed by atoms with Gasteiger partial charge in [-0.1, -0.05) is 32.9 Å². The normalized spacial score (nSPS) is 15.3. The van der Waals surface area contributed by atoms with Gasteiger partial charge in [-0.25, -0.2) is 8.42 Å². The molecule has 2 aromatic rings. The number of nitro benzene ring substituents is 1. The van der Waals surface area contributed by atoms with Crippen LogP contribution in [0.1, 0.15) is 26.3 Å². The van der Waals surface area contributed by atoms with Crippen LogP contribution < -0.4 is 9.47 Å². The van der Waals surface area contributed by atoms with Crippen molar-refractivity contribution in [3.8, 4) is 11.5 Å². The van der Waals surface area contributed by atoms with Gasteiger partial charge in [0.15, 0.2) is 5.75 Å². The summed E-state index contributed by atoms with van der Waals surface area (Å²) in [7, 11) is -3.84. The summed E-state index contributed by atoms with van der Waals surface area (Å²) in [4.78, 5) is 10.7. The van der Waals surface area contributed by atoms with Crippen LogP contribution in [0, 0.1) is 10.1 Å². The zero-order chi connectivity index (χ0) is 23.4. The molecule has 0 unspecified atom stereocenters. The molecule has 32 heavy (non-hydrogen) atoms. The van der Waals surface area contributed by atoms with Gasteiger partial charge in [-0.3, -0.25) is 10.1 Å². The Morgan fingerprint density at radius 3 is 2.25 bits per heavy atom. The molecule has 10 heteroatoms. The predicted octanol–water partition coefficient (Wildman–Crippen LogP) is 3.37. The lowest BCUT2D eigenvalue weighted by Gasteiger charge is -2.26. The molecule has 3 rings (SSSR count). The highest BCUT2D eigenvalue weighted by Gasteiger charge is 2.29. The van der Waals surface area contributed by atoms with Crippen LogP contribution in [0.4, 0.5) is 5.69 Å². The average Bonchev–Trinajstić information content (AvgIpc) is 2.77. The average molecular weight is 465 g/mol. The SMILES string of the molecule is CC(C)(C)c1ccc(OCCOc2ccc(S(=O)(=O)N3CCOCC3)cc2[N+](=O)[O-])cc1. The van der Waals surface area contributed by atoms with Crippen molar-refractivity contribution in [1.29, 1.82) is 0 Å². The fourth-order valence-corrected chi connectivity index (χ4v) is 4.65. The third kappa shape index (κ3) is 5.76. The summed E-state index contributed by atoms with van der Waals surface area (Å²) in [5.41, 5.74) is 0.819. The summed E-state index contributed by atoms with van der Waals surface area (Å²) >= 11 is 0. The van der Waals surface area contributed by atoms with Crippen molar-refractivity contribution in [2.45, 2.75) is 31.1 Å². The van der Waals surface area contributed by atoms with Gasteiger partial charge >= 0.3 is 5.69 Å². The maximum absolute atomic E-state index is 12.8. The summed E-state index contributed by atoms with van der Waals surface area (Å²) in [5.74, 6) is 0.658. The Bertz CT molecular complexity index is 1040. The van der Waals surface area contributed by atoms with Crippen molar-refractivity contribution in [3.63, 3.8) is 0 Å². The Hall–Kier alpha value is -2.69. The summed E-state index contributed by atoms with van der Waals surface area (Å²) in [6, 6.07) is 11.4. The second kappa shape index (κ2) is 9.85. The van der Waals surface area contributed by atoms with Crippen LogP contribution in [-0.4, -0.2) is 57.2 Å². The molecule has 9 nitrogen and oxygen atoms in total. The smallest absolute Gasteiger partial charge is 0.312 e. The second-order valence-corrected chi connectivity index (χ2v) is 10.3. The molecular weight excluding hydrogens is 436 g/mol. The van der Waals surface area contributed by atoms with Gasteiger partial charge in [-0.15, -0.1) is 0 Å². The van der Waals surface area contributed by atoms with E-state index in [0.717, 1.165) is 6.07 Å². The molecule has 0 atom stereocenters. The quantitative estimate of drug-likeness (QED) is 0.335. The van der Waals surface area contributed by atoms with Gasteiger partial charge in [0.1, 0.15) is 19.0 Å². The van der Waals surface area contributed by atoms with Gasteiger partial charge in [0.2, 0.25) is 10.0 Å². The Kier molecular flexibility index (Phi) is 7.37. The molecule has 1 heterocycles. The molecule has 0 radical (unpaired) electrons. The first-order valence-electron chi connectivity index (χ1n) is 10.3. The van der Waals surface area contributed by atoms with E-state index in [1.165, 1.54) is 22.0 Å². The first-order valence-corrected chi connectivity index (χ1v) is 11.8. The van der Waals surface area contributed by atoms with E-state index in [0.29, 0.717) is 19.0 Å². The molecule has 1 aliphatic heterocycles. The molecule has 0 saturated carbocycles. The molecule has 1 aliphatic rings. The lowest BCUT2D eigenvalue weighted by Crippen LogP contribution is -2.40. The third-order valence-corrected chi connectivity index (χ3v) is 6.96. The van der Waals surface area contributed by atoms with Gasteiger partial charge in [0.05, 0.1) is 23.0 Å². The predicted molar refractivity (Wildman–Crippen MR) is 119 cm³/mol. The summed E-state index contributed by atoms with van der Waals surface area (Å²) in [5, 5.41) is 11.5. The third-order valence-electron chi connectivity index (χ3n) is 5.06. The lowest BCUT2D eigenvalue weighted by atomic mass is 9.87. The Balaban J connectivity index is 1.63. The van der Waals surface area contributed by atoms with E-state index >= 15 is 0 Å². The summed E-state index contributed by atoms with van der Waals surface area (Å²) in [6.45, 7) is 7.63. The van der Waals surface area contributed by atoms with Crippen LogP contribution in [0.15, 0.2) is 47.4 Å². The van der Waals surface area contributed by atoms with E-state index in [9.17, 15) is 18.5 Å². The van der Waals surface area contributed by atoms with Gasteiger partial charge in [-0.2, -0.15) is 4.31 Å². The van der Waals surface area contributed by atoms with Gasteiger partial charge in [-0.05, 0) is 35.2 Å². The van der Waals surface area contributed by atoms with Crippen LogP contribution in [0.3, 0.4) is 0 Å². The van der Waals surface area contributed by atoms with E-state index < -0.39 is 20.6 Å². The summed E-state index contributed by atoms with van der Waals surface area (Å²) in [6.07, 6.45) is 0. The van der Waals surface area contributed by atoms with Gasteiger partial charge < -0.3 is 14.2 Å². The number of nitrogens with zero attached hydrogens (tertiary/aromatic N) is 2.